The van der Waals surface area contributed by atoms with E-state index in [2.05, 4.69) is 13.2 Å². The van der Waals surface area contributed by atoms with E-state index in [0.29, 0.717) is 13.1 Å². The van der Waals surface area contributed by atoms with Gasteiger partial charge in [0.25, 0.3) is 0 Å². The highest BCUT2D eigenvalue weighted by atomic mass is 16.2. The van der Waals surface area contributed by atoms with Crippen molar-refractivity contribution in [2.75, 3.05) is 26.2 Å². The summed E-state index contributed by atoms with van der Waals surface area (Å²) in [5.74, 6) is 0. The van der Waals surface area contributed by atoms with Gasteiger partial charge in [-0.15, -0.1) is 13.2 Å². The van der Waals surface area contributed by atoms with Gasteiger partial charge in [-0.2, -0.15) is 0 Å². The lowest BCUT2D eigenvalue weighted by Crippen LogP contribution is -2.31. The molecule has 3 heteroatoms. The molecule has 1 saturated heterocycles. The van der Waals surface area contributed by atoms with Crippen molar-refractivity contribution >= 4 is 6.03 Å². The summed E-state index contributed by atoms with van der Waals surface area (Å²) in [6.45, 7) is 10.1. The highest BCUT2D eigenvalue weighted by molar-refractivity contribution is 5.76. The van der Waals surface area contributed by atoms with Crippen molar-refractivity contribution in [1.82, 2.24) is 9.80 Å². The smallest absolute Gasteiger partial charge is 0.319 e. The zero-order chi connectivity index (χ0) is 8.97. The molecule has 0 aromatic carbocycles. The van der Waals surface area contributed by atoms with Gasteiger partial charge in [-0.3, -0.25) is 0 Å². The Hall–Kier alpha value is -1.25. The zero-order valence-corrected chi connectivity index (χ0v) is 7.20. The third kappa shape index (κ3) is 1.67. The maximum absolute atomic E-state index is 11.4. The predicted molar refractivity (Wildman–Crippen MR) is 48.9 cm³/mol. The molecule has 1 heterocycles. The van der Waals surface area contributed by atoms with E-state index in [1.54, 1.807) is 22.0 Å². The van der Waals surface area contributed by atoms with Crippen LogP contribution in [0.4, 0.5) is 4.79 Å². The van der Waals surface area contributed by atoms with Gasteiger partial charge in [-0.25, -0.2) is 4.79 Å². The Bertz CT molecular complexity index is 181. The molecule has 0 spiro atoms. The molecule has 12 heavy (non-hydrogen) atoms. The first-order valence-electron chi connectivity index (χ1n) is 4.05. The van der Waals surface area contributed by atoms with Gasteiger partial charge in [0.1, 0.15) is 0 Å². The van der Waals surface area contributed by atoms with Gasteiger partial charge in [-0.1, -0.05) is 12.2 Å². The minimum atomic E-state index is 0.0924. The Kier molecular flexibility index (Phi) is 2.91. The molecule has 2 amide bonds. The quantitative estimate of drug-likeness (QED) is 0.573. The Morgan fingerprint density at radius 2 is 1.58 bits per heavy atom. The average Bonchev–Trinajstić information content (AvgIpc) is 2.38. The molecule has 1 rings (SSSR count). The Morgan fingerprint density at radius 3 is 1.92 bits per heavy atom. The van der Waals surface area contributed by atoms with Crippen molar-refractivity contribution in [1.29, 1.82) is 0 Å². The summed E-state index contributed by atoms with van der Waals surface area (Å²) in [4.78, 5) is 15.0. The van der Waals surface area contributed by atoms with Crippen LogP contribution >= 0.6 is 0 Å². The molecule has 0 bridgehead atoms. The van der Waals surface area contributed by atoms with Crippen LogP contribution in [0.1, 0.15) is 0 Å². The lowest BCUT2D eigenvalue weighted by atomic mass is 10.5. The Balaban J connectivity index is 2.48. The van der Waals surface area contributed by atoms with Gasteiger partial charge in [0.2, 0.25) is 0 Å². The van der Waals surface area contributed by atoms with E-state index in [-0.39, 0.29) is 6.03 Å². The second kappa shape index (κ2) is 3.95. The number of carbonyl (C=O) groups excluding carboxylic acids is 1. The molecule has 0 saturated carbocycles. The van der Waals surface area contributed by atoms with E-state index in [1.165, 1.54) is 0 Å². The van der Waals surface area contributed by atoms with Crippen molar-refractivity contribution in [3.8, 4) is 0 Å². The zero-order valence-electron chi connectivity index (χ0n) is 7.20. The van der Waals surface area contributed by atoms with Gasteiger partial charge in [0.05, 0.1) is 0 Å². The summed E-state index contributed by atoms with van der Waals surface area (Å²) in [7, 11) is 0. The fraction of sp³-hybridized carbons (Fsp3) is 0.444. The third-order valence-corrected chi connectivity index (χ3v) is 1.88. The van der Waals surface area contributed by atoms with Crippen LogP contribution in [0.15, 0.2) is 25.3 Å². The van der Waals surface area contributed by atoms with Gasteiger partial charge >= 0.3 is 6.03 Å². The van der Waals surface area contributed by atoms with Crippen LogP contribution in [0.5, 0.6) is 0 Å². The van der Waals surface area contributed by atoms with Gasteiger partial charge in [0.15, 0.2) is 0 Å². The molecule has 1 fully saturated rings. The van der Waals surface area contributed by atoms with E-state index in [1.807, 2.05) is 0 Å². The molecule has 0 aromatic rings. The highest BCUT2D eigenvalue weighted by Crippen LogP contribution is 2.07. The maximum Gasteiger partial charge on any atom is 0.320 e. The van der Waals surface area contributed by atoms with Crippen LogP contribution in [-0.2, 0) is 0 Å². The Morgan fingerprint density at radius 1 is 1.17 bits per heavy atom. The lowest BCUT2D eigenvalue weighted by Gasteiger charge is -2.15. The van der Waals surface area contributed by atoms with Gasteiger partial charge < -0.3 is 9.80 Å². The summed E-state index contributed by atoms with van der Waals surface area (Å²) in [5, 5.41) is 0. The van der Waals surface area contributed by atoms with Crippen LogP contribution < -0.4 is 0 Å². The van der Waals surface area contributed by atoms with Crippen molar-refractivity contribution in [3.63, 3.8) is 0 Å². The van der Waals surface area contributed by atoms with Crippen molar-refractivity contribution < 1.29 is 4.79 Å². The van der Waals surface area contributed by atoms with E-state index >= 15 is 0 Å². The summed E-state index contributed by atoms with van der Waals surface area (Å²) >= 11 is 0. The summed E-state index contributed by atoms with van der Waals surface area (Å²) < 4.78 is 0. The van der Waals surface area contributed by atoms with Crippen LogP contribution in [-0.4, -0.2) is 42.0 Å². The minimum absolute atomic E-state index is 0.0924. The van der Waals surface area contributed by atoms with Gasteiger partial charge in [0, 0.05) is 26.2 Å². The fourth-order valence-corrected chi connectivity index (χ4v) is 1.28. The monoisotopic (exact) mass is 166 g/mol. The highest BCUT2D eigenvalue weighted by Gasteiger charge is 2.25. The largest absolute Gasteiger partial charge is 0.320 e. The van der Waals surface area contributed by atoms with Crippen molar-refractivity contribution in [2.24, 2.45) is 0 Å². The number of urea groups is 1. The summed E-state index contributed by atoms with van der Waals surface area (Å²) in [6, 6.07) is 0.0924. The second-order valence-electron chi connectivity index (χ2n) is 2.75. The SMILES string of the molecule is C=CCN1CCN(CC=C)C1=O. The van der Waals surface area contributed by atoms with Crippen LogP contribution in [0.2, 0.25) is 0 Å². The molecule has 0 atom stereocenters. The minimum Gasteiger partial charge on any atom is -0.319 e. The summed E-state index contributed by atoms with van der Waals surface area (Å²) in [6.07, 6.45) is 3.49. The van der Waals surface area contributed by atoms with Gasteiger partial charge in [-0.05, 0) is 0 Å². The first-order valence-corrected chi connectivity index (χ1v) is 4.05. The molecule has 0 radical (unpaired) electrons. The van der Waals surface area contributed by atoms with E-state index in [4.69, 9.17) is 0 Å². The number of rotatable bonds is 4. The third-order valence-electron chi connectivity index (χ3n) is 1.88. The molecular weight excluding hydrogens is 152 g/mol. The fourth-order valence-electron chi connectivity index (χ4n) is 1.28. The standard InChI is InChI=1S/C9H14N2O/c1-3-5-10-7-8-11(6-4-2)9(10)12/h3-4H,1-2,5-8H2. The number of hydrogen-bond donors (Lipinski definition) is 0. The van der Waals surface area contributed by atoms with E-state index < -0.39 is 0 Å². The van der Waals surface area contributed by atoms with Crippen LogP contribution in [0.25, 0.3) is 0 Å². The lowest BCUT2D eigenvalue weighted by molar-refractivity contribution is 0.199. The van der Waals surface area contributed by atoms with Crippen molar-refractivity contribution in [3.05, 3.63) is 25.3 Å². The molecule has 66 valence electrons. The first-order chi connectivity index (χ1) is 5.79. The average molecular weight is 166 g/mol. The molecule has 1 aliphatic heterocycles. The topological polar surface area (TPSA) is 23.6 Å². The molecule has 0 unspecified atom stereocenters. The first kappa shape index (κ1) is 8.84. The summed E-state index contributed by atoms with van der Waals surface area (Å²) in [5.41, 5.74) is 0. The molecule has 3 nitrogen and oxygen atoms in total. The molecular formula is C9H14N2O. The van der Waals surface area contributed by atoms with E-state index in [0.717, 1.165) is 13.1 Å². The van der Waals surface area contributed by atoms with Crippen LogP contribution in [0, 0.1) is 0 Å². The molecule has 0 N–H and O–H groups in total. The number of hydrogen-bond acceptors (Lipinski definition) is 1. The molecule has 1 aliphatic rings. The number of nitrogens with zero attached hydrogens (tertiary/aromatic N) is 2. The number of carbonyl (C=O) groups is 1. The van der Waals surface area contributed by atoms with Crippen LogP contribution in [0.3, 0.4) is 0 Å². The number of amides is 2. The normalized spacial score (nSPS) is 16.8. The molecule has 0 aromatic heterocycles. The predicted octanol–water partition coefficient (Wildman–Crippen LogP) is 1.10. The maximum atomic E-state index is 11.4. The van der Waals surface area contributed by atoms with E-state index in [9.17, 15) is 4.79 Å². The second-order valence-corrected chi connectivity index (χ2v) is 2.75. The van der Waals surface area contributed by atoms with Crippen molar-refractivity contribution in [2.45, 2.75) is 0 Å². The Labute approximate surface area is 73.0 Å². The molecule has 0 aliphatic carbocycles.